The lowest BCUT2D eigenvalue weighted by Crippen LogP contribution is -2.55. The maximum atomic E-state index is 15.9. The van der Waals surface area contributed by atoms with Gasteiger partial charge in [-0.25, -0.2) is 19.3 Å². The number of anilines is 3. The summed E-state index contributed by atoms with van der Waals surface area (Å²) in [5.74, 6) is -2.83. The van der Waals surface area contributed by atoms with E-state index in [0.717, 1.165) is 42.9 Å². The summed E-state index contributed by atoms with van der Waals surface area (Å²) in [6.45, 7) is 5.08. The van der Waals surface area contributed by atoms with Crippen LogP contribution < -0.4 is 10.2 Å². The van der Waals surface area contributed by atoms with Gasteiger partial charge in [0.15, 0.2) is 16.8 Å². The van der Waals surface area contributed by atoms with Crippen LogP contribution in [-0.2, 0) is 22.3 Å². The van der Waals surface area contributed by atoms with Crippen molar-refractivity contribution in [2.45, 2.75) is 58.4 Å². The van der Waals surface area contributed by atoms with Gasteiger partial charge in [0, 0.05) is 56.3 Å². The Bertz CT molecular complexity index is 1510. The number of nitrogens with one attached hydrogen (secondary N) is 1. The first-order valence-corrected chi connectivity index (χ1v) is 15.3. The number of carbonyl (C=O) groups is 1. The summed E-state index contributed by atoms with van der Waals surface area (Å²) < 4.78 is 76.2. The van der Waals surface area contributed by atoms with Crippen LogP contribution >= 0.6 is 11.3 Å². The fraction of sp³-hybridized carbons (Fsp3) is 0.533. The SMILES string of the molecule is C.COC[C@H]1CN(c2ncnc(Nc3nc(-c4cc(F)cc(C(F)(F)F)c4)c(CN4CCC[C@H]4C)s3)c2F)CCN1CCC(=O)O. The first-order valence-electron chi connectivity index (χ1n) is 14.5. The molecule has 5 rings (SSSR count). The van der Waals surface area contributed by atoms with Gasteiger partial charge in [-0.15, -0.1) is 0 Å². The van der Waals surface area contributed by atoms with Gasteiger partial charge in [-0.1, -0.05) is 18.8 Å². The number of carboxylic acids is 1. The fourth-order valence-electron chi connectivity index (χ4n) is 5.78. The molecule has 2 aliphatic rings. The number of aliphatic carboxylic acids is 1. The lowest BCUT2D eigenvalue weighted by molar-refractivity contribution is -0.138. The van der Waals surface area contributed by atoms with E-state index in [4.69, 9.17) is 9.84 Å². The van der Waals surface area contributed by atoms with Crippen molar-refractivity contribution < 1.29 is 36.6 Å². The normalized spacial score (nSPS) is 19.3. The molecule has 0 saturated carbocycles. The van der Waals surface area contributed by atoms with Gasteiger partial charge >= 0.3 is 12.1 Å². The molecule has 2 atom stereocenters. The number of halogens is 5. The number of ether oxygens (including phenoxy) is 1. The molecule has 2 saturated heterocycles. The van der Waals surface area contributed by atoms with Crippen LogP contribution in [0.25, 0.3) is 11.3 Å². The summed E-state index contributed by atoms with van der Waals surface area (Å²) in [7, 11) is 1.54. The molecule has 2 N–H and O–H groups in total. The van der Waals surface area contributed by atoms with E-state index in [0.29, 0.717) is 50.3 Å². The minimum Gasteiger partial charge on any atom is -0.481 e. The van der Waals surface area contributed by atoms with Crippen LogP contribution in [-0.4, -0.2) is 94.4 Å². The topological polar surface area (TPSA) is 107 Å². The lowest BCUT2D eigenvalue weighted by Gasteiger charge is -2.41. The number of hydrogen-bond acceptors (Lipinski definition) is 10. The first-order chi connectivity index (χ1) is 21.4. The van der Waals surface area contributed by atoms with E-state index in [9.17, 15) is 22.4 Å². The molecule has 16 heteroatoms. The summed E-state index contributed by atoms with van der Waals surface area (Å²) in [6.07, 6.45) is -1.62. The standard InChI is InChI=1S/C29H34F5N7O3S.CH4/c1-17-4-3-6-40(17)14-22-25(18-10-19(29(32,33)34)12-20(30)11-18)37-28(45-22)38-26-24(31)27(36-16-35-26)41-9-8-39(7-5-23(42)43)21(13-41)15-44-2;/h10-12,16-17,21H,3-9,13-15H2,1-2H3,(H,42,43)(H,35,36,37,38);1H4/t17-,21-;/m1./s1. The van der Waals surface area contributed by atoms with E-state index in [1.807, 2.05) is 4.90 Å². The molecule has 10 nitrogen and oxygen atoms in total. The maximum absolute atomic E-state index is 15.9. The molecule has 46 heavy (non-hydrogen) atoms. The second-order valence-corrected chi connectivity index (χ2v) is 12.3. The van der Waals surface area contributed by atoms with Crippen molar-refractivity contribution in [2.24, 2.45) is 0 Å². The predicted octanol–water partition coefficient (Wildman–Crippen LogP) is 5.87. The molecule has 0 bridgehead atoms. The minimum atomic E-state index is -4.75. The second kappa shape index (κ2) is 15.0. The van der Waals surface area contributed by atoms with Crippen molar-refractivity contribution in [1.82, 2.24) is 24.8 Å². The predicted molar refractivity (Wildman–Crippen MR) is 165 cm³/mol. The molecular weight excluding hydrogens is 633 g/mol. The number of methoxy groups -OCH3 is 1. The van der Waals surface area contributed by atoms with Gasteiger partial charge in [0.25, 0.3) is 0 Å². The number of likely N-dealkylation sites (tertiary alicyclic amines) is 1. The highest BCUT2D eigenvalue weighted by atomic mass is 32.1. The number of rotatable bonds is 11. The monoisotopic (exact) mass is 671 g/mol. The van der Waals surface area contributed by atoms with Crippen molar-refractivity contribution in [1.29, 1.82) is 0 Å². The van der Waals surface area contributed by atoms with Gasteiger partial charge in [-0.2, -0.15) is 17.6 Å². The van der Waals surface area contributed by atoms with E-state index in [-0.39, 0.29) is 54.0 Å². The molecule has 0 radical (unpaired) electrons. The van der Waals surface area contributed by atoms with E-state index in [1.54, 1.807) is 4.90 Å². The van der Waals surface area contributed by atoms with Crippen molar-refractivity contribution in [2.75, 3.05) is 56.7 Å². The molecular formula is C30H38F5N7O3S. The van der Waals surface area contributed by atoms with Gasteiger partial charge in [0.1, 0.15) is 12.1 Å². The first kappa shape index (κ1) is 35.4. The van der Waals surface area contributed by atoms with Crippen LogP contribution in [0.5, 0.6) is 0 Å². The number of nitrogens with zero attached hydrogens (tertiary/aromatic N) is 6. The van der Waals surface area contributed by atoms with Crippen LogP contribution in [0, 0.1) is 11.6 Å². The van der Waals surface area contributed by atoms with E-state index in [1.165, 1.54) is 13.4 Å². The average Bonchev–Trinajstić information content (AvgIpc) is 3.58. The Labute approximate surface area is 268 Å². The van der Waals surface area contributed by atoms with Crippen LogP contribution in [0.4, 0.5) is 38.7 Å². The number of thiazole rings is 1. The van der Waals surface area contributed by atoms with Gasteiger partial charge in [-0.05, 0) is 44.5 Å². The quantitative estimate of drug-likeness (QED) is 0.241. The zero-order valence-electron chi connectivity index (χ0n) is 24.8. The highest BCUT2D eigenvalue weighted by molar-refractivity contribution is 7.16. The van der Waals surface area contributed by atoms with E-state index in [2.05, 4.69) is 32.1 Å². The molecule has 0 amide bonds. The molecule has 3 aromatic rings. The number of hydrogen-bond donors (Lipinski definition) is 2. The Morgan fingerprint density at radius 3 is 2.61 bits per heavy atom. The van der Waals surface area contributed by atoms with Gasteiger partial charge in [0.2, 0.25) is 5.82 Å². The molecule has 252 valence electrons. The number of alkyl halides is 3. The van der Waals surface area contributed by atoms with Gasteiger partial charge < -0.3 is 20.1 Å². The Morgan fingerprint density at radius 1 is 1.15 bits per heavy atom. The Morgan fingerprint density at radius 2 is 1.93 bits per heavy atom. The molecule has 0 aliphatic carbocycles. The number of piperazine rings is 1. The van der Waals surface area contributed by atoms with Crippen molar-refractivity contribution in [3.8, 4) is 11.3 Å². The average molecular weight is 672 g/mol. The van der Waals surface area contributed by atoms with Crippen LogP contribution in [0.2, 0.25) is 0 Å². The highest BCUT2D eigenvalue weighted by Crippen LogP contribution is 2.39. The molecule has 2 fully saturated rings. The number of carboxylic acid groups (broad SMARTS) is 1. The zero-order valence-corrected chi connectivity index (χ0v) is 25.6. The summed E-state index contributed by atoms with van der Waals surface area (Å²) in [6, 6.07) is 2.38. The maximum Gasteiger partial charge on any atom is 0.416 e. The summed E-state index contributed by atoms with van der Waals surface area (Å²) in [4.78, 5) is 30.3. The summed E-state index contributed by atoms with van der Waals surface area (Å²) >= 11 is 1.14. The van der Waals surface area contributed by atoms with Crippen molar-refractivity contribution >= 4 is 34.1 Å². The minimum absolute atomic E-state index is 0. The Balaban J connectivity index is 0.00000480. The molecule has 0 unspecified atom stereocenters. The number of benzene rings is 1. The summed E-state index contributed by atoms with van der Waals surface area (Å²) in [5, 5.41) is 12.2. The third kappa shape index (κ3) is 8.27. The lowest BCUT2D eigenvalue weighted by atomic mass is 10.1. The number of aromatic nitrogens is 3. The zero-order chi connectivity index (χ0) is 32.3. The van der Waals surface area contributed by atoms with Crippen LogP contribution in [0.3, 0.4) is 0 Å². The van der Waals surface area contributed by atoms with Crippen LogP contribution in [0.15, 0.2) is 24.5 Å². The molecule has 1 aromatic carbocycles. The largest absolute Gasteiger partial charge is 0.481 e. The molecule has 2 aromatic heterocycles. The second-order valence-electron chi connectivity index (χ2n) is 11.2. The summed E-state index contributed by atoms with van der Waals surface area (Å²) in [5.41, 5.74) is -0.967. The van der Waals surface area contributed by atoms with Gasteiger partial charge in [0.05, 0.1) is 30.3 Å². The van der Waals surface area contributed by atoms with E-state index < -0.39 is 29.3 Å². The Kier molecular flexibility index (Phi) is 11.5. The van der Waals surface area contributed by atoms with Crippen LogP contribution in [0.1, 0.15) is 44.1 Å². The van der Waals surface area contributed by atoms with E-state index >= 15 is 4.39 Å². The Hall–Kier alpha value is -3.47. The fourth-order valence-corrected chi connectivity index (χ4v) is 6.79. The van der Waals surface area contributed by atoms with Crippen molar-refractivity contribution in [3.63, 3.8) is 0 Å². The molecule has 2 aliphatic heterocycles. The molecule has 4 heterocycles. The van der Waals surface area contributed by atoms with Gasteiger partial charge in [-0.3, -0.25) is 14.6 Å². The molecule has 0 spiro atoms. The van der Waals surface area contributed by atoms with Crippen molar-refractivity contribution in [3.05, 3.63) is 46.6 Å². The highest BCUT2D eigenvalue weighted by Gasteiger charge is 2.33. The smallest absolute Gasteiger partial charge is 0.416 e. The third-order valence-electron chi connectivity index (χ3n) is 8.11. The third-order valence-corrected chi connectivity index (χ3v) is 9.06.